The third-order valence-corrected chi connectivity index (χ3v) is 6.46. The Morgan fingerprint density at radius 3 is 1.71 bits per heavy atom. The van der Waals surface area contributed by atoms with Crippen molar-refractivity contribution >= 4 is 33.3 Å². The molecule has 6 nitrogen and oxygen atoms in total. The Hall–Kier alpha value is -3.84. The van der Waals surface area contributed by atoms with Crippen LogP contribution in [0.15, 0.2) is 78.4 Å². The van der Waals surface area contributed by atoms with Gasteiger partial charge in [0.05, 0.1) is 27.8 Å². The molecule has 0 aliphatic rings. The van der Waals surface area contributed by atoms with E-state index in [9.17, 15) is 19.8 Å². The zero-order valence-electron chi connectivity index (χ0n) is 16.3. The molecule has 0 unspecified atom stereocenters. The van der Waals surface area contributed by atoms with Crippen LogP contribution < -0.4 is 11.3 Å². The average Bonchev–Trinajstić information content (AvgIpc) is 3.18. The Labute approximate surface area is 179 Å². The van der Waals surface area contributed by atoms with Gasteiger partial charge in [0.2, 0.25) is 0 Å². The molecule has 154 valence electrons. The number of rotatable bonds is 3. The smallest absolute Gasteiger partial charge is 0.344 e. The SMILES string of the molecule is Cc1ccsc1C(c1c(O)c2ccccc2oc1=O)c1c(O)c2ccccc2oc1=O. The Balaban J connectivity index is 1.92. The second kappa shape index (κ2) is 7.14. The van der Waals surface area contributed by atoms with E-state index in [1.54, 1.807) is 48.5 Å². The summed E-state index contributed by atoms with van der Waals surface area (Å²) in [6.45, 7) is 1.83. The number of para-hydroxylation sites is 2. The zero-order valence-corrected chi connectivity index (χ0v) is 17.1. The molecule has 0 saturated heterocycles. The van der Waals surface area contributed by atoms with Gasteiger partial charge in [0.15, 0.2) is 0 Å². The van der Waals surface area contributed by atoms with Crippen molar-refractivity contribution in [2.24, 2.45) is 0 Å². The molecule has 0 spiro atoms. The lowest BCUT2D eigenvalue weighted by molar-refractivity contribution is 0.442. The number of benzene rings is 2. The maximum absolute atomic E-state index is 13.0. The van der Waals surface area contributed by atoms with Crippen LogP contribution in [0.4, 0.5) is 0 Å². The lowest BCUT2D eigenvalue weighted by Crippen LogP contribution is -2.21. The molecule has 2 N–H and O–H groups in total. The molecule has 0 saturated carbocycles. The molecule has 5 aromatic rings. The first-order valence-electron chi connectivity index (χ1n) is 9.50. The molecule has 2 aromatic carbocycles. The molecule has 31 heavy (non-hydrogen) atoms. The van der Waals surface area contributed by atoms with Gasteiger partial charge in [-0.3, -0.25) is 0 Å². The molecule has 3 heterocycles. The van der Waals surface area contributed by atoms with Crippen LogP contribution in [0.1, 0.15) is 27.5 Å². The van der Waals surface area contributed by atoms with Crippen molar-refractivity contribution < 1.29 is 19.0 Å². The number of thiophene rings is 1. The third-order valence-electron chi connectivity index (χ3n) is 5.38. The van der Waals surface area contributed by atoms with Crippen LogP contribution in [-0.2, 0) is 0 Å². The Kier molecular flexibility index (Phi) is 4.41. The summed E-state index contributed by atoms with van der Waals surface area (Å²) in [5.74, 6) is -1.66. The van der Waals surface area contributed by atoms with E-state index in [1.807, 2.05) is 18.4 Å². The Morgan fingerprint density at radius 1 is 0.774 bits per heavy atom. The van der Waals surface area contributed by atoms with Gasteiger partial charge >= 0.3 is 11.3 Å². The monoisotopic (exact) mass is 432 g/mol. The van der Waals surface area contributed by atoms with Crippen LogP contribution in [0.5, 0.6) is 11.5 Å². The maximum atomic E-state index is 13.0. The van der Waals surface area contributed by atoms with Gasteiger partial charge in [-0.1, -0.05) is 24.3 Å². The van der Waals surface area contributed by atoms with E-state index in [0.29, 0.717) is 15.6 Å². The topological polar surface area (TPSA) is 101 Å². The molecule has 5 rings (SSSR count). The van der Waals surface area contributed by atoms with Gasteiger partial charge in [0.1, 0.15) is 22.7 Å². The van der Waals surface area contributed by atoms with E-state index < -0.39 is 17.2 Å². The van der Waals surface area contributed by atoms with Crippen molar-refractivity contribution in [1.29, 1.82) is 0 Å². The van der Waals surface area contributed by atoms with Crippen molar-refractivity contribution in [3.05, 3.63) is 102 Å². The lowest BCUT2D eigenvalue weighted by atomic mass is 9.88. The molecule has 0 aliphatic heterocycles. The van der Waals surface area contributed by atoms with Gasteiger partial charge < -0.3 is 19.0 Å². The van der Waals surface area contributed by atoms with Gasteiger partial charge in [-0.15, -0.1) is 11.3 Å². The van der Waals surface area contributed by atoms with E-state index >= 15 is 0 Å². The summed E-state index contributed by atoms with van der Waals surface area (Å²) in [5, 5.41) is 24.6. The highest BCUT2D eigenvalue weighted by Crippen LogP contribution is 2.44. The van der Waals surface area contributed by atoms with Crippen molar-refractivity contribution in [1.82, 2.24) is 0 Å². The number of fused-ring (bicyclic) bond motifs is 2. The normalized spacial score (nSPS) is 11.5. The number of hydrogen-bond acceptors (Lipinski definition) is 7. The molecule has 3 aromatic heterocycles. The Bertz CT molecular complexity index is 1470. The zero-order chi connectivity index (χ0) is 21.7. The van der Waals surface area contributed by atoms with E-state index in [-0.39, 0.29) is 33.8 Å². The van der Waals surface area contributed by atoms with E-state index in [1.165, 1.54) is 11.3 Å². The summed E-state index contributed by atoms with van der Waals surface area (Å²) in [6, 6.07) is 15.0. The maximum Gasteiger partial charge on any atom is 0.344 e. The Morgan fingerprint density at radius 2 is 1.26 bits per heavy atom. The van der Waals surface area contributed by atoms with E-state index in [0.717, 1.165) is 5.56 Å². The minimum absolute atomic E-state index is 0.123. The molecule has 0 atom stereocenters. The minimum atomic E-state index is -1.07. The first-order chi connectivity index (χ1) is 15.0. The highest BCUT2D eigenvalue weighted by atomic mass is 32.1. The van der Waals surface area contributed by atoms with Crippen molar-refractivity contribution in [3.8, 4) is 11.5 Å². The van der Waals surface area contributed by atoms with Crippen LogP contribution in [0, 0.1) is 6.92 Å². The third kappa shape index (κ3) is 2.93. The van der Waals surface area contributed by atoms with Crippen LogP contribution in [0.3, 0.4) is 0 Å². The predicted molar refractivity (Wildman–Crippen MR) is 118 cm³/mol. The highest BCUT2D eigenvalue weighted by molar-refractivity contribution is 7.10. The quantitative estimate of drug-likeness (QED) is 0.395. The number of aromatic hydroxyl groups is 2. The van der Waals surface area contributed by atoms with Crippen LogP contribution in [-0.4, -0.2) is 10.2 Å². The number of aryl methyl sites for hydroxylation is 1. The molecule has 0 aliphatic carbocycles. The average molecular weight is 432 g/mol. The first kappa shape index (κ1) is 19.1. The first-order valence-corrected chi connectivity index (χ1v) is 10.4. The second-order valence-corrected chi connectivity index (χ2v) is 8.14. The van der Waals surface area contributed by atoms with Crippen LogP contribution in [0.2, 0.25) is 0 Å². The molecular weight excluding hydrogens is 416 g/mol. The van der Waals surface area contributed by atoms with Crippen molar-refractivity contribution in [3.63, 3.8) is 0 Å². The largest absolute Gasteiger partial charge is 0.507 e. The number of hydrogen-bond donors (Lipinski definition) is 2. The molecule has 0 amide bonds. The lowest BCUT2D eigenvalue weighted by Gasteiger charge is -2.19. The van der Waals surface area contributed by atoms with Gasteiger partial charge in [0.25, 0.3) is 0 Å². The molecular formula is C24H16O6S. The molecule has 0 fully saturated rings. The second-order valence-electron chi connectivity index (χ2n) is 7.20. The van der Waals surface area contributed by atoms with Crippen LogP contribution in [0.25, 0.3) is 21.9 Å². The van der Waals surface area contributed by atoms with Crippen molar-refractivity contribution in [2.45, 2.75) is 12.8 Å². The minimum Gasteiger partial charge on any atom is -0.507 e. The van der Waals surface area contributed by atoms with Crippen LogP contribution >= 0.6 is 11.3 Å². The fraction of sp³-hybridized carbons (Fsp3) is 0.0833. The van der Waals surface area contributed by atoms with Gasteiger partial charge in [-0.25, -0.2) is 9.59 Å². The summed E-state index contributed by atoms with van der Waals surface area (Å²) in [6.07, 6.45) is 0. The molecule has 0 bridgehead atoms. The standard InChI is InChI=1S/C24H16O6S/c1-12-10-11-31-22(12)17(18-20(25)13-6-2-4-8-15(13)29-23(18)27)19-21(26)14-7-3-5-9-16(14)30-24(19)28/h2-11,17,25-26H,1H3. The summed E-state index contributed by atoms with van der Waals surface area (Å²) in [5.41, 5.74) is -0.574. The summed E-state index contributed by atoms with van der Waals surface area (Å²) < 4.78 is 10.9. The van der Waals surface area contributed by atoms with Gasteiger partial charge in [-0.2, -0.15) is 0 Å². The van der Waals surface area contributed by atoms with E-state index in [2.05, 4.69) is 0 Å². The highest BCUT2D eigenvalue weighted by Gasteiger charge is 2.33. The molecule has 7 heteroatoms. The molecule has 0 radical (unpaired) electrons. The fourth-order valence-corrected chi connectivity index (χ4v) is 4.94. The van der Waals surface area contributed by atoms with E-state index in [4.69, 9.17) is 8.83 Å². The van der Waals surface area contributed by atoms with Gasteiger partial charge in [-0.05, 0) is 48.2 Å². The van der Waals surface area contributed by atoms with Crippen molar-refractivity contribution in [2.75, 3.05) is 0 Å². The van der Waals surface area contributed by atoms with Gasteiger partial charge in [0, 0.05) is 4.88 Å². The fourth-order valence-electron chi connectivity index (χ4n) is 3.89. The summed E-state index contributed by atoms with van der Waals surface area (Å²) in [7, 11) is 0. The summed E-state index contributed by atoms with van der Waals surface area (Å²) in [4.78, 5) is 26.7. The summed E-state index contributed by atoms with van der Waals surface area (Å²) >= 11 is 1.31. The predicted octanol–water partition coefficient (Wildman–Crippen LogP) is 4.86.